The predicted octanol–water partition coefficient (Wildman–Crippen LogP) is 0.401. The first-order valence-electron chi connectivity index (χ1n) is 4.60. The van der Waals surface area contributed by atoms with Gasteiger partial charge in [-0.1, -0.05) is 6.92 Å². The van der Waals surface area contributed by atoms with Crippen molar-refractivity contribution in [3.05, 3.63) is 0 Å². The van der Waals surface area contributed by atoms with Crippen LogP contribution in [0.5, 0.6) is 0 Å². The first kappa shape index (κ1) is 13.1. The molecule has 13 heavy (non-hydrogen) atoms. The Morgan fingerprint density at radius 2 is 1.62 bits per heavy atom. The molecular formula is C8H21NO3Si. The molecule has 0 amide bonds. The van der Waals surface area contributed by atoms with Gasteiger partial charge in [0.1, 0.15) is 0 Å². The molecule has 0 radical (unpaired) electrons. The molecule has 0 saturated heterocycles. The van der Waals surface area contributed by atoms with E-state index in [0.29, 0.717) is 0 Å². The van der Waals surface area contributed by atoms with E-state index in [4.69, 9.17) is 13.3 Å². The van der Waals surface area contributed by atoms with Gasteiger partial charge in [-0.05, 0) is 19.4 Å². The molecule has 1 aliphatic rings. The lowest BCUT2D eigenvalue weighted by Crippen LogP contribution is -2.21. The second-order valence-electron chi connectivity index (χ2n) is 2.83. The van der Waals surface area contributed by atoms with Crippen molar-refractivity contribution in [2.45, 2.75) is 25.8 Å². The Labute approximate surface area is 82.5 Å². The van der Waals surface area contributed by atoms with Crippen LogP contribution in [-0.4, -0.2) is 43.4 Å². The second-order valence-corrected chi connectivity index (χ2v) is 4.82. The van der Waals surface area contributed by atoms with Crippen LogP contribution in [0, 0.1) is 0 Å². The summed E-state index contributed by atoms with van der Waals surface area (Å²) in [5, 5.41) is 3.32. The summed E-state index contributed by atoms with van der Waals surface area (Å²) in [6, 6.07) is 0.898. The van der Waals surface area contributed by atoms with E-state index in [0.717, 1.165) is 12.6 Å². The summed E-state index contributed by atoms with van der Waals surface area (Å²) >= 11 is 0. The zero-order valence-corrected chi connectivity index (χ0v) is 10.2. The fourth-order valence-electron chi connectivity index (χ4n) is 0.865. The van der Waals surface area contributed by atoms with Crippen molar-refractivity contribution in [2.75, 3.05) is 27.9 Å². The zero-order chi connectivity index (χ0) is 10.1. The van der Waals surface area contributed by atoms with Gasteiger partial charge in [-0.15, -0.1) is 0 Å². The van der Waals surface area contributed by atoms with E-state index in [1.807, 2.05) is 0 Å². The number of hydrogen-bond acceptors (Lipinski definition) is 4. The molecule has 1 fully saturated rings. The quantitative estimate of drug-likeness (QED) is 0.663. The molecule has 0 bridgehead atoms. The fraction of sp³-hybridized carbons (Fsp3) is 1.00. The van der Waals surface area contributed by atoms with Gasteiger partial charge in [-0.25, -0.2) is 0 Å². The van der Waals surface area contributed by atoms with Gasteiger partial charge in [-0.2, -0.15) is 0 Å². The van der Waals surface area contributed by atoms with E-state index < -0.39 is 9.53 Å². The maximum absolute atomic E-state index is 4.74. The van der Waals surface area contributed by atoms with Crippen molar-refractivity contribution in [1.82, 2.24) is 5.32 Å². The Morgan fingerprint density at radius 3 is 1.69 bits per heavy atom. The van der Waals surface area contributed by atoms with Crippen molar-refractivity contribution in [1.29, 1.82) is 0 Å². The van der Waals surface area contributed by atoms with Gasteiger partial charge < -0.3 is 18.6 Å². The van der Waals surface area contributed by atoms with E-state index in [1.165, 1.54) is 12.8 Å². The van der Waals surface area contributed by atoms with Crippen LogP contribution in [0.25, 0.3) is 0 Å². The summed E-state index contributed by atoms with van der Waals surface area (Å²) in [5.41, 5.74) is 0. The molecule has 0 aromatic rings. The largest absolute Gasteiger partial charge is 0.483 e. The van der Waals surface area contributed by atoms with Crippen molar-refractivity contribution in [3.63, 3.8) is 0 Å². The van der Waals surface area contributed by atoms with Crippen LogP contribution in [0.4, 0.5) is 0 Å². The third-order valence-corrected chi connectivity index (χ3v) is 2.80. The third-order valence-electron chi connectivity index (χ3n) is 1.65. The molecule has 0 aromatic carbocycles. The highest BCUT2D eigenvalue weighted by atomic mass is 28.3. The molecule has 80 valence electrons. The summed E-state index contributed by atoms with van der Waals surface area (Å²) < 4.78 is 14.2. The average molecular weight is 207 g/mol. The van der Waals surface area contributed by atoms with Crippen LogP contribution in [-0.2, 0) is 13.3 Å². The summed E-state index contributed by atoms with van der Waals surface area (Å²) in [7, 11) is 3.05. The monoisotopic (exact) mass is 207 g/mol. The van der Waals surface area contributed by atoms with Crippen molar-refractivity contribution < 1.29 is 13.3 Å². The number of hydrogen-bond donors (Lipinski definition) is 1. The van der Waals surface area contributed by atoms with Gasteiger partial charge in [0.15, 0.2) is 0 Å². The van der Waals surface area contributed by atoms with Crippen LogP contribution in [0.2, 0.25) is 0 Å². The third kappa shape index (κ3) is 8.39. The lowest BCUT2D eigenvalue weighted by molar-refractivity contribution is 0.163. The maximum atomic E-state index is 4.74. The highest BCUT2D eigenvalue weighted by molar-refractivity contribution is 6.36. The van der Waals surface area contributed by atoms with Gasteiger partial charge in [-0.3, -0.25) is 0 Å². The predicted molar refractivity (Wildman–Crippen MR) is 54.9 cm³/mol. The maximum Gasteiger partial charge on any atom is 0.483 e. The molecule has 1 N–H and O–H groups in total. The summed E-state index contributed by atoms with van der Waals surface area (Å²) in [4.78, 5) is 0. The van der Waals surface area contributed by atoms with Crippen LogP contribution in [0.1, 0.15) is 19.8 Å². The van der Waals surface area contributed by atoms with Crippen LogP contribution >= 0.6 is 0 Å². The molecule has 1 saturated carbocycles. The second kappa shape index (κ2) is 8.65. The zero-order valence-electron chi connectivity index (χ0n) is 9.00. The number of rotatable bonds is 5. The van der Waals surface area contributed by atoms with Gasteiger partial charge in [0, 0.05) is 27.4 Å². The standard InChI is InChI=1S/C5H11N.C3H10O3Si/c1-2-6-5-3-4-5;1-4-7(5-2)6-3/h5-6H,2-4H2,1H3;7H,1-3H3. The van der Waals surface area contributed by atoms with Gasteiger partial charge >= 0.3 is 9.53 Å². The van der Waals surface area contributed by atoms with E-state index in [-0.39, 0.29) is 0 Å². The summed E-state index contributed by atoms with van der Waals surface area (Å²) in [6.45, 7) is 3.29. The van der Waals surface area contributed by atoms with Crippen LogP contribution in [0.3, 0.4) is 0 Å². The average Bonchev–Trinajstić information content (AvgIpc) is 2.93. The van der Waals surface area contributed by atoms with E-state index in [1.54, 1.807) is 21.3 Å². The molecule has 0 atom stereocenters. The Morgan fingerprint density at radius 1 is 1.15 bits per heavy atom. The van der Waals surface area contributed by atoms with Crippen molar-refractivity contribution >= 4 is 9.53 Å². The molecule has 0 aliphatic heterocycles. The van der Waals surface area contributed by atoms with Crippen molar-refractivity contribution in [3.8, 4) is 0 Å². The molecule has 0 spiro atoms. The molecular weight excluding hydrogens is 186 g/mol. The van der Waals surface area contributed by atoms with Gasteiger partial charge in [0.25, 0.3) is 0 Å². The highest BCUT2D eigenvalue weighted by Crippen LogP contribution is 2.17. The topological polar surface area (TPSA) is 39.7 Å². The van der Waals surface area contributed by atoms with Crippen LogP contribution < -0.4 is 5.32 Å². The Balaban J connectivity index is 0.000000223. The SMILES string of the molecule is CCNC1CC1.CO[SiH](OC)OC. The summed E-state index contributed by atoms with van der Waals surface area (Å²) in [6.07, 6.45) is 2.82. The Bertz CT molecular complexity index is 102. The van der Waals surface area contributed by atoms with Gasteiger partial charge in [0.05, 0.1) is 0 Å². The first-order valence-corrected chi connectivity index (χ1v) is 6.01. The Kier molecular flexibility index (Phi) is 8.68. The van der Waals surface area contributed by atoms with E-state index in [9.17, 15) is 0 Å². The number of nitrogens with one attached hydrogen (secondary N) is 1. The molecule has 0 heterocycles. The highest BCUT2D eigenvalue weighted by Gasteiger charge is 2.18. The molecule has 1 aliphatic carbocycles. The summed E-state index contributed by atoms with van der Waals surface area (Å²) in [5.74, 6) is 0. The van der Waals surface area contributed by atoms with Gasteiger partial charge in [0.2, 0.25) is 0 Å². The van der Waals surface area contributed by atoms with E-state index >= 15 is 0 Å². The molecule has 5 heteroatoms. The van der Waals surface area contributed by atoms with E-state index in [2.05, 4.69) is 12.2 Å². The fourth-order valence-corrected chi connectivity index (χ4v) is 1.44. The first-order chi connectivity index (χ1) is 6.28. The molecule has 1 rings (SSSR count). The van der Waals surface area contributed by atoms with Crippen molar-refractivity contribution in [2.24, 2.45) is 0 Å². The lowest BCUT2D eigenvalue weighted by Gasteiger charge is -2.05. The minimum absolute atomic E-state index is 0.898. The van der Waals surface area contributed by atoms with Crippen LogP contribution in [0.15, 0.2) is 0 Å². The molecule has 0 unspecified atom stereocenters. The Hall–Kier alpha value is 0.0569. The molecule has 4 nitrogen and oxygen atoms in total. The minimum Gasteiger partial charge on any atom is -0.379 e. The smallest absolute Gasteiger partial charge is 0.379 e. The lowest BCUT2D eigenvalue weighted by atomic mass is 10.6. The normalized spacial score (nSPS) is 15.5. The molecule has 0 aromatic heterocycles. The minimum atomic E-state index is -1.67.